The maximum Gasteiger partial charge on any atom is 2.00 e. The van der Waals surface area contributed by atoms with E-state index < -0.39 is 17.3 Å². The van der Waals surface area contributed by atoms with Crippen LogP contribution >= 0.6 is 0 Å². The SMILES string of the molecule is CC=CC(=O)NOS(=O)[O-].[H-].[H-].[Mg+2]. The molecule has 62 valence electrons. The largest absolute Gasteiger partial charge is 2.00 e. The second-order valence-corrected chi connectivity index (χ2v) is 1.83. The minimum absolute atomic E-state index is 0. The number of hydrogen-bond donors (Lipinski definition) is 1. The van der Waals surface area contributed by atoms with Gasteiger partial charge in [0, 0.05) is 6.08 Å². The molecular formula is C4H8MgNO4S-. The first-order chi connectivity index (χ1) is 4.66. The normalized spacial score (nSPS) is 12.2. The van der Waals surface area contributed by atoms with E-state index in [9.17, 15) is 13.6 Å². The molecule has 0 saturated heterocycles. The molecule has 0 aromatic heterocycles. The van der Waals surface area contributed by atoms with Crippen molar-refractivity contribution in [2.45, 2.75) is 6.92 Å². The maximum atomic E-state index is 10.4. The molecule has 1 N–H and O–H groups in total. The molecule has 0 saturated carbocycles. The van der Waals surface area contributed by atoms with Gasteiger partial charge in [0.2, 0.25) is 0 Å². The molecule has 0 aromatic carbocycles. The molecule has 0 aliphatic carbocycles. The number of rotatable bonds is 3. The van der Waals surface area contributed by atoms with Gasteiger partial charge < -0.3 is 7.41 Å². The summed E-state index contributed by atoms with van der Waals surface area (Å²) in [6.07, 6.45) is 2.58. The Morgan fingerprint density at radius 3 is 2.73 bits per heavy atom. The number of amides is 1. The summed E-state index contributed by atoms with van der Waals surface area (Å²) >= 11 is -2.71. The Hall–Kier alpha value is 0.0462. The summed E-state index contributed by atoms with van der Waals surface area (Å²) in [4.78, 5) is 10.4. The Balaban J connectivity index is -0.000000135. The Bertz CT molecular complexity index is 180. The van der Waals surface area contributed by atoms with Crippen LogP contribution in [0.3, 0.4) is 0 Å². The fourth-order valence-electron chi connectivity index (χ4n) is 0.260. The van der Waals surface area contributed by atoms with E-state index in [1.807, 2.05) is 0 Å². The summed E-state index contributed by atoms with van der Waals surface area (Å²) in [5.41, 5.74) is 1.64. The molecule has 1 atom stereocenters. The van der Waals surface area contributed by atoms with E-state index in [0.29, 0.717) is 0 Å². The van der Waals surface area contributed by atoms with Crippen molar-refractivity contribution in [1.82, 2.24) is 5.48 Å². The summed E-state index contributed by atoms with van der Waals surface area (Å²) in [5.74, 6) is -0.619. The molecule has 0 fully saturated rings. The van der Waals surface area contributed by atoms with E-state index in [-0.39, 0.29) is 25.9 Å². The molecule has 0 aromatic rings. The third-order valence-corrected chi connectivity index (χ3v) is 0.748. The third kappa shape index (κ3) is 10.0. The number of carbonyl (C=O) groups is 1. The molecule has 0 heterocycles. The van der Waals surface area contributed by atoms with Crippen LogP contribution in [-0.4, -0.2) is 37.7 Å². The summed E-state index contributed by atoms with van der Waals surface area (Å²) in [5, 5.41) is 0. The van der Waals surface area contributed by atoms with Crippen LogP contribution in [0.4, 0.5) is 0 Å². The van der Waals surface area contributed by atoms with Crippen molar-refractivity contribution >= 4 is 40.3 Å². The summed E-state index contributed by atoms with van der Waals surface area (Å²) in [7, 11) is 0. The van der Waals surface area contributed by atoms with E-state index in [2.05, 4.69) is 4.28 Å². The second kappa shape index (κ2) is 8.15. The number of allylic oxidation sites excluding steroid dienone is 1. The molecule has 0 bridgehead atoms. The van der Waals surface area contributed by atoms with Crippen molar-refractivity contribution in [2.24, 2.45) is 0 Å². The van der Waals surface area contributed by atoms with Crippen molar-refractivity contribution in [3.63, 3.8) is 0 Å². The van der Waals surface area contributed by atoms with Crippen molar-refractivity contribution in [2.75, 3.05) is 0 Å². The molecule has 0 aliphatic heterocycles. The van der Waals surface area contributed by atoms with Crippen molar-refractivity contribution in [3.05, 3.63) is 12.2 Å². The summed E-state index contributed by atoms with van der Waals surface area (Å²) in [6, 6.07) is 0. The summed E-state index contributed by atoms with van der Waals surface area (Å²) < 4.78 is 23.0. The standard InChI is InChI=1S/C4H7NO4S.Mg.2H/c1-2-3-4(6)5-9-10(7)8;;;/h2-3H,1H3,(H,5,6)(H,7,8);;;/q;+2;2*-1/p-1. The van der Waals surface area contributed by atoms with Gasteiger partial charge in [-0.25, -0.2) is 9.69 Å². The third-order valence-electron chi connectivity index (χ3n) is 0.528. The molecule has 1 amide bonds. The van der Waals surface area contributed by atoms with Crippen molar-refractivity contribution in [1.29, 1.82) is 0 Å². The first-order valence-corrected chi connectivity index (χ1v) is 3.36. The quantitative estimate of drug-likeness (QED) is 0.275. The topological polar surface area (TPSA) is 78.5 Å². The van der Waals surface area contributed by atoms with Gasteiger partial charge in [0.05, 0.1) is 0 Å². The minimum atomic E-state index is -2.71. The molecule has 11 heavy (non-hydrogen) atoms. The van der Waals surface area contributed by atoms with E-state index >= 15 is 0 Å². The van der Waals surface area contributed by atoms with Crippen LogP contribution in [0.1, 0.15) is 9.78 Å². The van der Waals surface area contributed by atoms with E-state index in [1.165, 1.54) is 6.08 Å². The molecule has 1 unspecified atom stereocenters. The van der Waals surface area contributed by atoms with Gasteiger partial charge in [-0.05, 0) is 6.92 Å². The molecule has 7 heteroatoms. The van der Waals surface area contributed by atoms with Crippen LogP contribution in [0.25, 0.3) is 0 Å². The van der Waals surface area contributed by atoms with Crippen molar-refractivity contribution < 1.29 is 20.7 Å². The van der Waals surface area contributed by atoms with E-state index in [1.54, 1.807) is 12.4 Å². The van der Waals surface area contributed by atoms with Crippen LogP contribution in [0.2, 0.25) is 0 Å². The Kier molecular flexibility index (Phi) is 10.1. The first kappa shape index (κ1) is 13.6. The van der Waals surface area contributed by atoms with E-state index in [4.69, 9.17) is 0 Å². The number of hydrogen-bond acceptors (Lipinski definition) is 4. The average molecular weight is 190 g/mol. The van der Waals surface area contributed by atoms with Gasteiger partial charge in [0.25, 0.3) is 5.91 Å². The van der Waals surface area contributed by atoms with Crippen LogP contribution in [0.15, 0.2) is 12.2 Å². The zero-order valence-electron chi connectivity index (χ0n) is 7.90. The van der Waals surface area contributed by atoms with Gasteiger partial charge >= 0.3 is 23.1 Å². The fourth-order valence-corrected chi connectivity index (χ4v) is 0.411. The van der Waals surface area contributed by atoms with Gasteiger partial charge in [-0.1, -0.05) is 6.08 Å². The Morgan fingerprint density at radius 1 is 1.82 bits per heavy atom. The number of nitrogens with one attached hydrogen (secondary N) is 1. The molecule has 5 nitrogen and oxygen atoms in total. The Morgan fingerprint density at radius 2 is 2.36 bits per heavy atom. The van der Waals surface area contributed by atoms with E-state index in [0.717, 1.165) is 6.08 Å². The van der Waals surface area contributed by atoms with Gasteiger partial charge in [-0.15, -0.1) is 0 Å². The Labute approximate surface area is 85.7 Å². The predicted octanol–water partition coefficient (Wildman–Crippen LogP) is -0.751. The minimum Gasteiger partial charge on any atom is -1.00 e. The van der Waals surface area contributed by atoms with Gasteiger partial charge in [-0.3, -0.25) is 4.79 Å². The zero-order valence-corrected chi connectivity index (χ0v) is 8.13. The van der Waals surface area contributed by atoms with Crippen molar-refractivity contribution in [3.8, 4) is 0 Å². The average Bonchev–Trinajstić information content (AvgIpc) is 1.85. The van der Waals surface area contributed by atoms with Gasteiger partial charge in [0.1, 0.15) is 11.4 Å². The predicted molar refractivity (Wildman–Crippen MR) is 40.9 cm³/mol. The molecule has 0 spiro atoms. The monoisotopic (exact) mass is 190 g/mol. The van der Waals surface area contributed by atoms with Crippen LogP contribution in [-0.2, 0) is 20.4 Å². The molecule has 0 rings (SSSR count). The van der Waals surface area contributed by atoms with Crippen LogP contribution < -0.4 is 5.48 Å². The van der Waals surface area contributed by atoms with Crippen LogP contribution in [0.5, 0.6) is 0 Å². The number of hydroxylamine groups is 1. The molecular weight excluding hydrogens is 182 g/mol. The smallest absolute Gasteiger partial charge is 1.00 e. The summed E-state index contributed by atoms with van der Waals surface area (Å²) in [6.45, 7) is 1.62. The molecule has 0 aliphatic rings. The van der Waals surface area contributed by atoms with Crippen LogP contribution in [0, 0.1) is 0 Å². The zero-order chi connectivity index (χ0) is 7.98. The molecule has 0 radical (unpaired) electrons. The first-order valence-electron chi connectivity index (χ1n) is 2.36. The van der Waals surface area contributed by atoms with Gasteiger partial charge in [-0.2, -0.15) is 4.28 Å². The second-order valence-electron chi connectivity index (χ2n) is 1.25. The fraction of sp³-hybridized carbons (Fsp3) is 0.250. The van der Waals surface area contributed by atoms with Gasteiger partial charge in [0.15, 0.2) is 0 Å². The maximum absolute atomic E-state index is 10.4. The number of carbonyl (C=O) groups excluding carboxylic acids is 1.